The average molecular weight is 330 g/mol. The number of rotatable bonds is 5. The molecule has 0 amide bonds. The Morgan fingerprint density at radius 3 is 2.67 bits per heavy atom. The Labute approximate surface area is 143 Å². The van der Waals surface area contributed by atoms with Crippen molar-refractivity contribution in [1.29, 1.82) is 0 Å². The molecule has 0 N–H and O–H groups in total. The zero-order valence-electron chi connectivity index (χ0n) is 15.0. The number of allylic oxidation sites excluding steroid dienone is 1. The summed E-state index contributed by atoms with van der Waals surface area (Å²) in [6, 6.07) is 1.87. The molecule has 24 heavy (non-hydrogen) atoms. The van der Waals surface area contributed by atoms with Crippen LogP contribution in [0.3, 0.4) is 0 Å². The van der Waals surface area contributed by atoms with Gasteiger partial charge in [-0.15, -0.1) is 0 Å². The van der Waals surface area contributed by atoms with Crippen LogP contribution in [-0.2, 0) is 17.7 Å². The van der Waals surface area contributed by atoms with Gasteiger partial charge < -0.3 is 14.2 Å². The smallest absolute Gasteiger partial charge is 0.355 e. The van der Waals surface area contributed by atoms with Gasteiger partial charge >= 0.3 is 5.97 Å². The standard InChI is InChI=1S/C19H26N2O3/c1-12(2)24-19(23)16-9-14-7-8-15(11-20(3)4)18(22)17(14)21(16)10-13-5-6-13/h9,11-13H,5-8,10H2,1-4H3. The molecule has 130 valence electrons. The number of aromatic nitrogens is 1. The number of carbonyl (C=O) groups is 2. The van der Waals surface area contributed by atoms with E-state index in [9.17, 15) is 9.59 Å². The molecule has 1 aromatic rings. The SMILES string of the molecule is CC(C)OC(=O)c1cc2c(n1CC1CC1)C(=O)C(=CN(C)C)CC2. The molecular weight excluding hydrogens is 304 g/mol. The molecule has 5 nitrogen and oxygen atoms in total. The second kappa shape index (κ2) is 6.46. The second-order valence-electron chi connectivity index (χ2n) is 7.36. The summed E-state index contributed by atoms with van der Waals surface area (Å²) in [5.41, 5.74) is 3.01. The molecular formula is C19H26N2O3. The van der Waals surface area contributed by atoms with Crippen LogP contribution in [0.1, 0.15) is 59.7 Å². The average Bonchev–Trinajstić information content (AvgIpc) is 3.21. The zero-order chi connectivity index (χ0) is 17.4. The lowest BCUT2D eigenvalue weighted by molar-refractivity contribution is 0.0364. The minimum Gasteiger partial charge on any atom is -0.458 e. The molecule has 2 aliphatic rings. The minimum atomic E-state index is -0.328. The summed E-state index contributed by atoms with van der Waals surface area (Å²) in [7, 11) is 3.84. The molecule has 1 heterocycles. The van der Waals surface area contributed by atoms with Gasteiger partial charge in [0, 0.05) is 32.4 Å². The van der Waals surface area contributed by atoms with Gasteiger partial charge in [0.25, 0.3) is 0 Å². The highest BCUT2D eigenvalue weighted by Gasteiger charge is 2.33. The Morgan fingerprint density at radius 2 is 2.08 bits per heavy atom. The molecule has 3 rings (SSSR count). The summed E-state index contributed by atoms with van der Waals surface area (Å²) >= 11 is 0. The van der Waals surface area contributed by atoms with Gasteiger partial charge in [0.2, 0.25) is 5.78 Å². The number of hydrogen-bond donors (Lipinski definition) is 0. The van der Waals surface area contributed by atoms with E-state index in [0.717, 1.165) is 30.5 Å². The van der Waals surface area contributed by atoms with Crippen molar-refractivity contribution < 1.29 is 14.3 Å². The van der Waals surface area contributed by atoms with Gasteiger partial charge in [-0.3, -0.25) is 4.79 Å². The first-order valence-electron chi connectivity index (χ1n) is 8.72. The van der Waals surface area contributed by atoms with E-state index >= 15 is 0 Å². The molecule has 0 radical (unpaired) electrons. The fourth-order valence-corrected chi connectivity index (χ4v) is 3.23. The Hall–Kier alpha value is -2.04. The number of ether oxygens (including phenoxy) is 1. The number of ketones is 1. The number of fused-ring (bicyclic) bond motifs is 1. The lowest BCUT2D eigenvalue weighted by Crippen LogP contribution is -2.23. The Morgan fingerprint density at radius 1 is 1.38 bits per heavy atom. The van der Waals surface area contributed by atoms with Gasteiger partial charge in [0.05, 0.1) is 11.8 Å². The fourth-order valence-electron chi connectivity index (χ4n) is 3.23. The number of carbonyl (C=O) groups excluding carboxylic acids is 2. The van der Waals surface area contributed by atoms with E-state index in [2.05, 4.69) is 0 Å². The number of aryl methyl sites for hydroxylation is 1. The zero-order valence-corrected chi connectivity index (χ0v) is 15.0. The summed E-state index contributed by atoms with van der Waals surface area (Å²) < 4.78 is 7.31. The highest BCUT2D eigenvalue weighted by atomic mass is 16.5. The quantitative estimate of drug-likeness (QED) is 0.615. The number of esters is 1. The van der Waals surface area contributed by atoms with E-state index in [1.165, 1.54) is 12.8 Å². The van der Waals surface area contributed by atoms with Crippen molar-refractivity contribution in [2.45, 2.75) is 52.2 Å². The van der Waals surface area contributed by atoms with Crippen molar-refractivity contribution in [3.63, 3.8) is 0 Å². The third-order valence-corrected chi connectivity index (χ3v) is 4.45. The normalized spacial score (nSPS) is 18.9. The third kappa shape index (κ3) is 3.40. The summed E-state index contributed by atoms with van der Waals surface area (Å²) in [5.74, 6) is 0.295. The maximum absolute atomic E-state index is 13.0. The van der Waals surface area contributed by atoms with Crippen molar-refractivity contribution in [1.82, 2.24) is 9.47 Å². The largest absolute Gasteiger partial charge is 0.458 e. The molecule has 1 aromatic heterocycles. The van der Waals surface area contributed by atoms with Crippen LogP contribution >= 0.6 is 0 Å². The van der Waals surface area contributed by atoms with Crippen molar-refractivity contribution in [3.05, 3.63) is 34.8 Å². The molecule has 0 atom stereocenters. The summed E-state index contributed by atoms with van der Waals surface area (Å²) in [6.45, 7) is 4.42. The topological polar surface area (TPSA) is 51.5 Å². The first-order valence-corrected chi connectivity index (χ1v) is 8.72. The summed E-state index contributed by atoms with van der Waals surface area (Å²) in [4.78, 5) is 27.4. The van der Waals surface area contributed by atoms with Gasteiger partial charge in [0.1, 0.15) is 5.69 Å². The van der Waals surface area contributed by atoms with E-state index < -0.39 is 0 Å². The highest BCUT2D eigenvalue weighted by Crippen LogP contribution is 2.35. The molecule has 1 fully saturated rings. The summed E-state index contributed by atoms with van der Waals surface area (Å²) in [5, 5.41) is 0. The van der Waals surface area contributed by atoms with Gasteiger partial charge in [0.15, 0.2) is 0 Å². The van der Waals surface area contributed by atoms with Gasteiger partial charge in [-0.2, -0.15) is 0 Å². The predicted octanol–water partition coefficient (Wildman–Crippen LogP) is 3.04. The van der Waals surface area contributed by atoms with E-state index in [1.807, 2.05) is 49.7 Å². The van der Waals surface area contributed by atoms with Crippen LogP contribution in [0.25, 0.3) is 0 Å². The summed E-state index contributed by atoms with van der Waals surface area (Å²) in [6.07, 6.45) is 5.57. The molecule has 0 bridgehead atoms. The van der Waals surface area contributed by atoms with Crippen LogP contribution in [0, 0.1) is 5.92 Å². The molecule has 5 heteroatoms. The highest BCUT2D eigenvalue weighted by molar-refractivity contribution is 6.10. The van der Waals surface area contributed by atoms with Crippen LogP contribution in [0.15, 0.2) is 17.8 Å². The second-order valence-corrected chi connectivity index (χ2v) is 7.36. The molecule has 2 aliphatic carbocycles. The van der Waals surface area contributed by atoms with Crippen molar-refractivity contribution >= 4 is 11.8 Å². The Bertz CT molecular complexity index is 694. The van der Waals surface area contributed by atoms with Crippen LogP contribution in [0.2, 0.25) is 0 Å². The Balaban J connectivity index is 2.01. The van der Waals surface area contributed by atoms with Gasteiger partial charge in [-0.25, -0.2) is 4.79 Å². The fraction of sp³-hybridized carbons (Fsp3) is 0.579. The van der Waals surface area contributed by atoms with E-state index in [4.69, 9.17) is 4.74 Å². The molecule has 0 spiro atoms. The third-order valence-electron chi connectivity index (χ3n) is 4.45. The van der Waals surface area contributed by atoms with E-state index in [1.54, 1.807) is 0 Å². The van der Waals surface area contributed by atoms with Crippen LogP contribution in [0.4, 0.5) is 0 Å². The maximum atomic E-state index is 13.0. The molecule has 1 saturated carbocycles. The van der Waals surface area contributed by atoms with E-state index in [-0.39, 0.29) is 17.9 Å². The maximum Gasteiger partial charge on any atom is 0.355 e. The molecule has 0 aromatic carbocycles. The number of hydrogen-bond acceptors (Lipinski definition) is 4. The van der Waals surface area contributed by atoms with Gasteiger partial charge in [-0.05, 0) is 57.1 Å². The minimum absolute atomic E-state index is 0.0502. The van der Waals surface area contributed by atoms with Gasteiger partial charge in [-0.1, -0.05) is 0 Å². The monoisotopic (exact) mass is 330 g/mol. The lowest BCUT2D eigenvalue weighted by atomic mass is 9.92. The first-order chi connectivity index (χ1) is 11.4. The molecule has 0 aliphatic heterocycles. The number of Topliss-reactive ketones (excluding diaryl/α,β-unsaturated/α-hetero) is 1. The van der Waals surface area contributed by atoms with Crippen molar-refractivity contribution in [2.75, 3.05) is 14.1 Å². The van der Waals surface area contributed by atoms with Crippen LogP contribution < -0.4 is 0 Å². The number of nitrogens with zero attached hydrogens (tertiary/aromatic N) is 2. The van der Waals surface area contributed by atoms with E-state index in [0.29, 0.717) is 17.3 Å². The lowest BCUT2D eigenvalue weighted by Gasteiger charge is -2.19. The predicted molar refractivity (Wildman–Crippen MR) is 92.1 cm³/mol. The first kappa shape index (κ1) is 16.8. The Kier molecular flexibility index (Phi) is 4.52. The van der Waals surface area contributed by atoms with Crippen LogP contribution in [-0.4, -0.2) is 41.4 Å². The van der Waals surface area contributed by atoms with Crippen LogP contribution in [0.5, 0.6) is 0 Å². The van der Waals surface area contributed by atoms with Crippen molar-refractivity contribution in [2.24, 2.45) is 5.92 Å². The molecule has 0 unspecified atom stereocenters. The molecule has 0 saturated heterocycles. The van der Waals surface area contributed by atoms with Crippen molar-refractivity contribution in [3.8, 4) is 0 Å².